The van der Waals surface area contributed by atoms with E-state index >= 15 is 0 Å². The smallest absolute Gasteiger partial charge is 0.359 e. The Kier molecular flexibility index (Phi) is 4.53. The van der Waals surface area contributed by atoms with Crippen molar-refractivity contribution in [1.82, 2.24) is 9.78 Å². The van der Waals surface area contributed by atoms with E-state index in [2.05, 4.69) is 5.10 Å². The molecule has 0 radical (unpaired) electrons. The monoisotopic (exact) mass is 292 g/mol. The van der Waals surface area contributed by atoms with Gasteiger partial charge in [-0.05, 0) is 24.6 Å². The number of rotatable bonds is 5. The maximum atomic E-state index is 11.7. The van der Waals surface area contributed by atoms with Crippen molar-refractivity contribution in [1.29, 1.82) is 0 Å². The lowest BCUT2D eigenvalue weighted by molar-refractivity contribution is 0.0516. The Morgan fingerprint density at radius 2 is 2.30 bits per heavy atom. The van der Waals surface area contributed by atoms with Crippen LogP contribution in [0.5, 0.6) is 0 Å². The molecule has 0 aliphatic rings. The molecule has 6 heteroatoms. The quantitative estimate of drug-likeness (QED) is 0.628. The molecular formula is C14H13ClN2O3. The van der Waals surface area contributed by atoms with Crippen molar-refractivity contribution in [3.05, 3.63) is 52.3 Å². The molecule has 2 aromatic rings. The summed E-state index contributed by atoms with van der Waals surface area (Å²) in [5.74, 6) is -0.598. The Bertz CT molecular complexity index is 637. The predicted octanol–water partition coefficient (Wildman–Crippen LogP) is 2.57. The van der Waals surface area contributed by atoms with Crippen LogP contribution in [0.4, 0.5) is 0 Å². The summed E-state index contributed by atoms with van der Waals surface area (Å²) in [6.45, 7) is 2.35. The predicted molar refractivity (Wildman–Crippen MR) is 74.1 cm³/mol. The molecule has 1 aromatic heterocycles. The molecular weight excluding hydrogens is 280 g/mol. The van der Waals surface area contributed by atoms with Gasteiger partial charge >= 0.3 is 5.97 Å². The zero-order valence-corrected chi connectivity index (χ0v) is 11.6. The first kappa shape index (κ1) is 14.3. The van der Waals surface area contributed by atoms with E-state index in [1.165, 1.54) is 10.9 Å². The van der Waals surface area contributed by atoms with Crippen molar-refractivity contribution in [2.75, 3.05) is 6.61 Å². The van der Waals surface area contributed by atoms with E-state index in [-0.39, 0.29) is 17.9 Å². The largest absolute Gasteiger partial charge is 0.461 e. The third-order valence-electron chi connectivity index (χ3n) is 2.62. The number of aromatic nitrogens is 2. The number of aldehydes is 1. The second-order valence-corrected chi connectivity index (χ2v) is 4.54. The van der Waals surface area contributed by atoms with E-state index in [0.29, 0.717) is 17.9 Å². The molecule has 0 spiro atoms. The van der Waals surface area contributed by atoms with Crippen LogP contribution < -0.4 is 0 Å². The van der Waals surface area contributed by atoms with Crippen molar-refractivity contribution in [3.8, 4) is 0 Å². The van der Waals surface area contributed by atoms with E-state index in [1.807, 2.05) is 12.1 Å². The van der Waals surface area contributed by atoms with Crippen LogP contribution in [0.15, 0.2) is 30.5 Å². The molecule has 20 heavy (non-hydrogen) atoms. The molecule has 104 valence electrons. The van der Waals surface area contributed by atoms with Crippen LogP contribution in [0.3, 0.4) is 0 Å². The Morgan fingerprint density at radius 3 is 2.95 bits per heavy atom. The van der Waals surface area contributed by atoms with Crippen molar-refractivity contribution >= 4 is 23.9 Å². The SMILES string of the molecule is CCOC(=O)c1nn(Cc2cccc(Cl)c2)cc1C=O. The van der Waals surface area contributed by atoms with Crippen LogP contribution in [-0.2, 0) is 11.3 Å². The number of nitrogens with zero attached hydrogens (tertiary/aromatic N) is 2. The number of ether oxygens (including phenoxy) is 1. The van der Waals surface area contributed by atoms with Crippen LogP contribution in [0.1, 0.15) is 33.3 Å². The van der Waals surface area contributed by atoms with Crippen LogP contribution in [0.25, 0.3) is 0 Å². The fourth-order valence-corrected chi connectivity index (χ4v) is 2.00. The summed E-state index contributed by atoms with van der Waals surface area (Å²) in [5, 5.41) is 4.71. The fourth-order valence-electron chi connectivity index (χ4n) is 1.78. The third kappa shape index (κ3) is 3.24. The normalized spacial score (nSPS) is 10.3. The number of carbonyl (C=O) groups is 2. The van der Waals surface area contributed by atoms with Crippen LogP contribution in [0.2, 0.25) is 5.02 Å². The van der Waals surface area contributed by atoms with Gasteiger partial charge in [0.15, 0.2) is 12.0 Å². The van der Waals surface area contributed by atoms with Crippen molar-refractivity contribution in [2.24, 2.45) is 0 Å². The average molecular weight is 293 g/mol. The van der Waals surface area contributed by atoms with Crippen LogP contribution >= 0.6 is 11.6 Å². The number of esters is 1. The average Bonchev–Trinajstić information content (AvgIpc) is 2.82. The minimum absolute atomic E-state index is 0.0314. The molecule has 2 rings (SSSR count). The molecule has 0 fully saturated rings. The summed E-state index contributed by atoms with van der Waals surface area (Å²) in [4.78, 5) is 22.6. The minimum Gasteiger partial charge on any atom is -0.461 e. The van der Waals surface area contributed by atoms with E-state index < -0.39 is 5.97 Å². The molecule has 0 unspecified atom stereocenters. The first-order valence-electron chi connectivity index (χ1n) is 6.08. The van der Waals surface area contributed by atoms with Crippen molar-refractivity contribution < 1.29 is 14.3 Å². The molecule has 1 aromatic carbocycles. The maximum absolute atomic E-state index is 11.7. The van der Waals surface area contributed by atoms with Gasteiger partial charge in [0.1, 0.15) is 0 Å². The van der Waals surface area contributed by atoms with Gasteiger partial charge in [0.2, 0.25) is 0 Å². The Morgan fingerprint density at radius 1 is 1.50 bits per heavy atom. The summed E-state index contributed by atoms with van der Waals surface area (Å²) in [6.07, 6.45) is 2.11. The highest BCUT2D eigenvalue weighted by Gasteiger charge is 2.17. The van der Waals surface area contributed by atoms with E-state index in [9.17, 15) is 9.59 Å². The van der Waals surface area contributed by atoms with Gasteiger partial charge in [-0.2, -0.15) is 5.10 Å². The summed E-state index contributed by atoms with van der Waals surface area (Å²) in [6, 6.07) is 7.29. The van der Waals surface area contributed by atoms with E-state index in [0.717, 1.165) is 5.56 Å². The number of hydrogen-bond donors (Lipinski definition) is 0. The van der Waals surface area contributed by atoms with Gasteiger partial charge in [0.25, 0.3) is 0 Å². The second kappa shape index (κ2) is 6.34. The Hall–Kier alpha value is -2.14. The second-order valence-electron chi connectivity index (χ2n) is 4.10. The van der Waals surface area contributed by atoms with Gasteiger partial charge in [0, 0.05) is 11.2 Å². The first-order valence-corrected chi connectivity index (χ1v) is 6.46. The topological polar surface area (TPSA) is 61.2 Å². The lowest BCUT2D eigenvalue weighted by Gasteiger charge is -2.02. The van der Waals surface area contributed by atoms with Gasteiger partial charge in [-0.1, -0.05) is 23.7 Å². The maximum Gasteiger partial charge on any atom is 0.359 e. The van der Waals surface area contributed by atoms with Crippen molar-refractivity contribution in [3.63, 3.8) is 0 Å². The lowest BCUT2D eigenvalue weighted by Crippen LogP contribution is -2.09. The highest BCUT2D eigenvalue weighted by molar-refractivity contribution is 6.30. The van der Waals surface area contributed by atoms with Crippen LogP contribution in [0, 0.1) is 0 Å². The van der Waals surface area contributed by atoms with E-state index in [1.54, 1.807) is 19.1 Å². The summed E-state index contributed by atoms with van der Waals surface area (Å²) < 4.78 is 6.37. The molecule has 0 bridgehead atoms. The van der Waals surface area contributed by atoms with Gasteiger partial charge in [0.05, 0.1) is 18.7 Å². The molecule has 5 nitrogen and oxygen atoms in total. The molecule has 0 amide bonds. The van der Waals surface area contributed by atoms with E-state index in [4.69, 9.17) is 16.3 Å². The molecule has 0 aliphatic carbocycles. The van der Waals surface area contributed by atoms with Gasteiger partial charge in [-0.25, -0.2) is 4.79 Å². The number of carbonyl (C=O) groups excluding carboxylic acids is 2. The molecule has 0 saturated heterocycles. The van der Waals surface area contributed by atoms with Gasteiger partial charge in [-0.3, -0.25) is 9.48 Å². The highest BCUT2D eigenvalue weighted by Crippen LogP contribution is 2.13. The van der Waals surface area contributed by atoms with Crippen LogP contribution in [-0.4, -0.2) is 28.6 Å². The molecule has 0 aliphatic heterocycles. The summed E-state index contributed by atoms with van der Waals surface area (Å²) >= 11 is 5.91. The van der Waals surface area contributed by atoms with Gasteiger partial charge < -0.3 is 4.74 Å². The number of benzene rings is 1. The highest BCUT2D eigenvalue weighted by atomic mass is 35.5. The zero-order valence-electron chi connectivity index (χ0n) is 10.9. The zero-order chi connectivity index (χ0) is 14.5. The molecule has 0 N–H and O–H groups in total. The standard InChI is InChI=1S/C14H13ClN2O3/c1-2-20-14(19)13-11(9-18)8-17(16-13)7-10-4-3-5-12(15)6-10/h3-6,8-9H,2,7H2,1H3. The molecule has 0 atom stereocenters. The minimum atomic E-state index is -0.598. The number of hydrogen-bond acceptors (Lipinski definition) is 4. The third-order valence-corrected chi connectivity index (χ3v) is 2.85. The first-order chi connectivity index (χ1) is 9.63. The summed E-state index contributed by atoms with van der Waals surface area (Å²) in [5.41, 5.74) is 1.17. The molecule has 0 saturated carbocycles. The fraction of sp³-hybridized carbons (Fsp3) is 0.214. The Balaban J connectivity index is 2.25. The van der Waals surface area contributed by atoms with Gasteiger partial charge in [-0.15, -0.1) is 0 Å². The molecule has 1 heterocycles. The number of halogens is 1. The lowest BCUT2D eigenvalue weighted by atomic mass is 10.2. The van der Waals surface area contributed by atoms with Crippen molar-refractivity contribution in [2.45, 2.75) is 13.5 Å². The Labute approximate surface area is 121 Å². The summed E-state index contributed by atoms with van der Waals surface area (Å²) in [7, 11) is 0.